The van der Waals surface area contributed by atoms with E-state index >= 15 is 0 Å². The van der Waals surface area contributed by atoms with Gasteiger partial charge in [-0.25, -0.2) is 4.79 Å². The summed E-state index contributed by atoms with van der Waals surface area (Å²) in [5, 5.41) is 9.36. The van der Waals surface area contributed by atoms with Crippen molar-refractivity contribution in [3.05, 3.63) is 49.2 Å². The molecule has 0 bridgehead atoms. The summed E-state index contributed by atoms with van der Waals surface area (Å²) in [6, 6.07) is 9.24. The maximum atomic E-state index is 11.3. The van der Waals surface area contributed by atoms with Crippen molar-refractivity contribution in [2.24, 2.45) is 0 Å². The number of H-pyrrole nitrogens is 1. The summed E-state index contributed by atoms with van der Waals surface area (Å²) in [5.74, 6) is 0. The van der Waals surface area contributed by atoms with Crippen LogP contribution >= 0.6 is 0 Å². The van der Waals surface area contributed by atoms with E-state index in [1.54, 1.807) is 18.3 Å². The van der Waals surface area contributed by atoms with E-state index in [0.29, 0.717) is 5.69 Å². The standard InChI is InChI=1S/C13H13N3O2/c1-2-9-18-13(17)15-11-5-3-10(4-6-11)12-7-8-14-16-12/h2-8H,1,9H2,(H,14,16)(H,15,17). The molecule has 92 valence electrons. The zero-order valence-electron chi connectivity index (χ0n) is 9.72. The molecule has 1 heterocycles. The van der Waals surface area contributed by atoms with E-state index in [9.17, 15) is 4.79 Å². The quantitative estimate of drug-likeness (QED) is 0.811. The number of nitrogens with one attached hydrogen (secondary N) is 2. The number of aromatic nitrogens is 2. The van der Waals surface area contributed by atoms with Crippen molar-refractivity contribution in [1.82, 2.24) is 10.2 Å². The molecule has 0 fully saturated rings. The summed E-state index contributed by atoms with van der Waals surface area (Å²) < 4.78 is 4.81. The van der Waals surface area contributed by atoms with Gasteiger partial charge in [0.05, 0.1) is 5.69 Å². The highest BCUT2D eigenvalue weighted by Gasteiger charge is 2.03. The fourth-order valence-electron chi connectivity index (χ4n) is 1.44. The number of ether oxygens (including phenoxy) is 1. The van der Waals surface area contributed by atoms with Crippen LogP contribution in [0.25, 0.3) is 11.3 Å². The largest absolute Gasteiger partial charge is 0.445 e. The van der Waals surface area contributed by atoms with Crippen LogP contribution in [0, 0.1) is 0 Å². The Bertz CT molecular complexity index is 518. The number of hydrogen-bond donors (Lipinski definition) is 2. The van der Waals surface area contributed by atoms with Crippen molar-refractivity contribution in [2.45, 2.75) is 0 Å². The number of carbonyl (C=O) groups is 1. The minimum absolute atomic E-state index is 0.193. The molecular formula is C13H13N3O2. The Morgan fingerprint density at radius 2 is 2.17 bits per heavy atom. The minimum Gasteiger partial charge on any atom is -0.445 e. The Morgan fingerprint density at radius 3 is 2.78 bits per heavy atom. The summed E-state index contributed by atoms with van der Waals surface area (Å²) in [5.41, 5.74) is 2.60. The number of nitrogens with zero attached hydrogens (tertiary/aromatic N) is 1. The van der Waals surface area contributed by atoms with Gasteiger partial charge in [0, 0.05) is 11.9 Å². The highest BCUT2D eigenvalue weighted by Crippen LogP contribution is 2.18. The first-order valence-electron chi connectivity index (χ1n) is 5.44. The first-order chi connectivity index (χ1) is 8.79. The highest BCUT2D eigenvalue weighted by atomic mass is 16.5. The van der Waals surface area contributed by atoms with Crippen molar-refractivity contribution in [3.8, 4) is 11.3 Å². The molecule has 18 heavy (non-hydrogen) atoms. The van der Waals surface area contributed by atoms with Gasteiger partial charge in [-0.2, -0.15) is 5.10 Å². The summed E-state index contributed by atoms with van der Waals surface area (Å²) in [6.07, 6.45) is 2.71. The molecule has 0 saturated carbocycles. The summed E-state index contributed by atoms with van der Waals surface area (Å²) in [7, 11) is 0. The van der Waals surface area contributed by atoms with Gasteiger partial charge >= 0.3 is 6.09 Å². The van der Waals surface area contributed by atoms with E-state index in [0.717, 1.165) is 11.3 Å². The summed E-state index contributed by atoms with van der Waals surface area (Å²) >= 11 is 0. The number of benzene rings is 1. The fourth-order valence-corrected chi connectivity index (χ4v) is 1.44. The van der Waals surface area contributed by atoms with Crippen molar-refractivity contribution < 1.29 is 9.53 Å². The summed E-state index contributed by atoms with van der Waals surface area (Å²) in [6.45, 7) is 3.66. The SMILES string of the molecule is C=CCOC(=O)Nc1ccc(-c2ccn[nH]2)cc1. The van der Waals surface area contributed by atoms with Gasteiger partial charge in [0.25, 0.3) is 0 Å². The Labute approximate surface area is 104 Å². The number of hydrogen-bond acceptors (Lipinski definition) is 3. The molecule has 2 aromatic rings. The molecule has 0 atom stereocenters. The zero-order valence-corrected chi connectivity index (χ0v) is 9.72. The van der Waals surface area contributed by atoms with Crippen LogP contribution in [0.1, 0.15) is 0 Å². The molecule has 1 amide bonds. The number of carbonyl (C=O) groups excluding carboxylic acids is 1. The lowest BCUT2D eigenvalue weighted by molar-refractivity contribution is 0.174. The van der Waals surface area contributed by atoms with Crippen LogP contribution in [-0.4, -0.2) is 22.9 Å². The molecule has 0 radical (unpaired) electrons. The molecule has 1 aromatic heterocycles. The molecule has 0 aliphatic carbocycles. The average molecular weight is 243 g/mol. The monoisotopic (exact) mass is 243 g/mol. The molecule has 5 heteroatoms. The van der Waals surface area contributed by atoms with Crippen LogP contribution in [0.15, 0.2) is 49.2 Å². The third-order valence-corrected chi connectivity index (χ3v) is 2.28. The molecule has 1 aromatic carbocycles. The van der Waals surface area contributed by atoms with E-state index in [2.05, 4.69) is 22.1 Å². The molecule has 0 unspecified atom stereocenters. The Kier molecular flexibility index (Phi) is 3.76. The minimum atomic E-state index is -0.496. The molecule has 0 saturated heterocycles. The Hall–Kier alpha value is -2.56. The maximum absolute atomic E-state index is 11.3. The number of rotatable bonds is 4. The van der Waals surface area contributed by atoms with Crippen LogP contribution < -0.4 is 5.32 Å². The lowest BCUT2D eigenvalue weighted by Gasteiger charge is -2.05. The molecule has 0 aliphatic rings. The first kappa shape index (κ1) is 11.9. The smallest absolute Gasteiger partial charge is 0.411 e. The van der Waals surface area contributed by atoms with Gasteiger partial charge in [0.1, 0.15) is 6.61 Å². The lowest BCUT2D eigenvalue weighted by Crippen LogP contribution is -2.13. The van der Waals surface area contributed by atoms with E-state index in [-0.39, 0.29) is 6.61 Å². The third-order valence-electron chi connectivity index (χ3n) is 2.28. The van der Waals surface area contributed by atoms with E-state index in [1.807, 2.05) is 18.2 Å². The van der Waals surface area contributed by atoms with Gasteiger partial charge in [-0.15, -0.1) is 0 Å². The number of amides is 1. The van der Waals surface area contributed by atoms with Crippen LogP contribution in [0.2, 0.25) is 0 Å². The van der Waals surface area contributed by atoms with Gasteiger partial charge in [-0.05, 0) is 23.8 Å². The molecule has 5 nitrogen and oxygen atoms in total. The van der Waals surface area contributed by atoms with Crippen LogP contribution in [-0.2, 0) is 4.74 Å². The Balaban J connectivity index is 2.00. The van der Waals surface area contributed by atoms with E-state index < -0.39 is 6.09 Å². The van der Waals surface area contributed by atoms with Gasteiger partial charge in [0.2, 0.25) is 0 Å². The summed E-state index contributed by atoms with van der Waals surface area (Å²) in [4.78, 5) is 11.3. The van der Waals surface area contributed by atoms with Gasteiger partial charge < -0.3 is 4.74 Å². The second kappa shape index (κ2) is 5.67. The highest BCUT2D eigenvalue weighted by molar-refractivity contribution is 5.85. The molecule has 2 N–H and O–H groups in total. The zero-order chi connectivity index (χ0) is 12.8. The van der Waals surface area contributed by atoms with Gasteiger partial charge in [-0.3, -0.25) is 10.4 Å². The van der Waals surface area contributed by atoms with E-state index in [1.165, 1.54) is 6.08 Å². The lowest BCUT2D eigenvalue weighted by atomic mass is 10.1. The second-order valence-corrected chi connectivity index (χ2v) is 3.56. The molecule has 0 aliphatic heterocycles. The van der Waals surface area contributed by atoms with Gasteiger partial charge in [-0.1, -0.05) is 24.8 Å². The van der Waals surface area contributed by atoms with Crippen LogP contribution in [0.5, 0.6) is 0 Å². The normalized spacial score (nSPS) is 9.78. The number of anilines is 1. The molecule has 0 spiro atoms. The van der Waals surface area contributed by atoms with E-state index in [4.69, 9.17) is 4.74 Å². The average Bonchev–Trinajstić information content (AvgIpc) is 2.91. The second-order valence-electron chi connectivity index (χ2n) is 3.56. The van der Waals surface area contributed by atoms with Crippen molar-refractivity contribution in [3.63, 3.8) is 0 Å². The Morgan fingerprint density at radius 1 is 1.39 bits per heavy atom. The molecule has 2 rings (SSSR count). The van der Waals surface area contributed by atoms with Crippen molar-refractivity contribution in [2.75, 3.05) is 11.9 Å². The third kappa shape index (κ3) is 2.98. The van der Waals surface area contributed by atoms with Crippen LogP contribution in [0.3, 0.4) is 0 Å². The fraction of sp³-hybridized carbons (Fsp3) is 0.0769. The first-order valence-corrected chi connectivity index (χ1v) is 5.44. The van der Waals surface area contributed by atoms with Crippen LogP contribution in [0.4, 0.5) is 10.5 Å². The topological polar surface area (TPSA) is 67.0 Å². The predicted octanol–water partition coefficient (Wildman–Crippen LogP) is 2.81. The van der Waals surface area contributed by atoms with Crippen molar-refractivity contribution >= 4 is 11.8 Å². The predicted molar refractivity (Wildman–Crippen MR) is 69.2 cm³/mol. The van der Waals surface area contributed by atoms with Crippen molar-refractivity contribution in [1.29, 1.82) is 0 Å². The molecular weight excluding hydrogens is 230 g/mol. The van der Waals surface area contributed by atoms with Gasteiger partial charge in [0.15, 0.2) is 0 Å². The maximum Gasteiger partial charge on any atom is 0.411 e. The number of aromatic amines is 1.